The zero-order valence-electron chi connectivity index (χ0n) is 12.4. The summed E-state index contributed by atoms with van der Waals surface area (Å²) in [5, 5.41) is 0. The van der Waals surface area contributed by atoms with E-state index in [1.807, 2.05) is 18.2 Å². The van der Waals surface area contributed by atoms with Crippen LogP contribution in [0.25, 0.3) is 16.7 Å². The van der Waals surface area contributed by atoms with Crippen LogP contribution >= 0.6 is 0 Å². The van der Waals surface area contributed by atoms with Gasteiger partial charge in [0.05, 0.1) is 0 Å². The number of allylic oxidation sites excluding steroid dienone is 2. The van der Waals surface area contributed by atoms with E-state index < -0.39 is 0 Å². The van der Waals surface area contributed by atoms with E-state index in [1.165, 1.54) is 27.8 Å². The highest BCUT2D eigenvalue weighted by atomic mass is 14.1. The first-order valence-electron chi connectivity index (χ1n) is 7.43. The van der Waals surface area contributed by atoms with Gasteiger partial charge in [0.25, 0.3) is 0 Å². The molecule has 3 aromatic rings. The van der Waals surface area contributed by atoms with E-state index in [2.05, 4.69) is 85.5 Å². The smallest absolute Gasteiger partial charge is 0.00994 e. The minimum Gasteiger partial charge on any atom is -0.0990 e. The molecule has 0 aliphatic heterocycles. The third-order valence-electron chi connectivity index (χ3n) is 3.67. The lowest BCUT2D eigenvalue weighted by Crippen LogP contribution is -1.91. The van der Waals surface area contributed by atoms with Crippen LogP contribution in [0.15, 0.2) is 104 Å². The molecule has 0 heterocycles. The van der Waals surface area contributed by atoms with Crippen molar-refractivity contribution in [2.45, 2.75) is 0 Å². The summed E-state index contributed by atoms with van der Waals surface area (Å²) in [4.78, 5) is 0. The van der Waals surface area contributed by atoms with E-state index in [0.717, 1.165) is 0 Å². The molecule has 0 saturated heterocycles. The zero-order chi connectivity index (χ0) is 15.2. The Morgan fingerprint density at radius 1 is 0.682 bits per heavy atom. The van der Waals surface area contributed by atoms with Crippen molar-refractivity contribution in [2.75, 3.05) is 0 Å². The van der Waals surface area contributed by atoms with E-state index in [9.17, 15) is 0 Å². The Hall–Kier alpha value is -2.86. The Morgan fingerprint density at radius 3 is 1.95 bits per heavy atom. The number of benzene rings is 3. The third kappa shape index (κ3) is 2.91. The highest BCUT2D eigenvalue weighted by Crippen LogP contribution is 2.32. The van der Waals surface area contributed by atoms with Gasteiger partial charge < -0.3 is 0 Å². The number of hydrogen-bond donors (Lipinski definition) is 0. The summed E-state index contributed by atoms with van der Waals surface area (Å²) in [5.41, 5.74) is 6.07. The van der Waals surface area contributed by atoms with Gasteiger partial charge in [-0.3, -0.25) is 0 Å². The standard InChI is InChI=1S/C22H18/c1-2-11-20(18-12-5-3-6-13-18)22-17-10-9-16-21(22)19-14-7-4-8-15-19/h2-17H,1H2/b20-11-. The monoisotopic (exact) mass is 282 g/mol. The van der Waals surface area contributed by atoms with E-state index in [0.29, 0.717) is 0 Å². The fourth-order valence-electron chi connectivity index (χ4n) is 2.66. The third-order valence-corrected chi connectivity index (χ3v) is 3.67. The molecular weight excluding hydrogens is 264 g/mol. The Bertz CT molecular complexity index is 781. The van der Waals surface area contributed by atoms with Gasteiger partial charge in [0, 0.05) is 0 Å². The quantitative estimate of drug-likeness (QED) is 0.517. The van der Waals surface area contributed by atoms with Crippen molar-refractivity contribution in [2.24, 2.45) is 0 Å². The van der Waals surface area contributed by atoms with Crippen molar-refractivity contribution in [1.82, 2.24) is 0 Å². The van der Waals surface area contributed by atoms with Gasteiger partial charge in [0.15, 0.2) is 0 Å². The predicted octanol–water partition coefficient (Wildman–Crippen LogP) is 5.97. The van der Waals surface area contributed by atoms with Gasteiger partial charge in [-0.05, 0) is 27.8 Å². The molecule has 106 valence electrons. The maximum absolute atomic E-state index is 3.88. The lowest BCUT2D eigenvalue weighted by Gasteiger charge is -2.13. The van der Waals surface area contributed by atoms with E-state index in [1.54, 1.807) is 0 Å². The van der Waals surface area contributed by atoms with E-state index >= 15 is 0 Å². The van der Waals surface area contributed by atoms with Crippen LogP contribution in [-0.4, -0.2) is 0 Å². The van der Waals surface area contributed by atoms with E-state index in [4.69, 9.17) is 0 Å². The first kappa shape index (κ1) is 14.1. The molecule has 0 N–H and O–H groups in total. The molecule has 0 aromatic heterocycles. The summed E-state index contributed by atoms with van der Waals surface area (Å²) in [7, 11) is 0. The molecule has 3 rings (SSSR count). The topological polar surface area (TPSA) is 0 Å². The molecule has 0 nitrogen and oxygen atoms in total. The Balaban J connectivity index is 2.19. The molecule has 0 aliphatic carbocycles. The van der Waals surface area contributed by atoms with Crippen molar-refractivity contribution in [3.05, 3.63) is 115 Å². The lowest BCUT2D eigenvalue weighted by atomic mass is 9.90. The fraction of sp³-hybridized carbons (Fsp3) is 0. The van der Waals surface area contributed by atoms with Crippen LogP contribution in [0.1, 0.15) is 11.1 Å². The lowest BCUT2D eigenvalue weighted by molar-refractivity contribution is 1.53. The summed E-state index contributed by atoms with van der Waals surface area (Å²) in [6.07, 6.45) is 3.93. The van der Waals surface area contributed by atoms with Gasteiger partial charge in [0.2, 0.25) is 0 Å². The molecule has 0 unspecified atom stereocenters. The normalized spacial score (nSPS) is 11.2. The molecule has 22 heavy (non-hydrogen) atoms. The van der Waals surface area contributed by atoms with Crippen LogP contribution in [0.2, 0.25) is 0 Å². The molecule has 0 fully saturated rings. The maximum Gasteiger partial charge on any atom is -0.00994 e. The first-order chi connectivity index (χ1) is 10.9. The van der Waals surface area contributed by atoms with Crippen LogP contribution in [0.5, 0.6) is 0 Å². The molecule has 0 spiro atoms. The van der Waals surface area contributed by atoms with Crippen LogP contribution in [0, 0.1) is 0 Å². The second-order valence-corrected chi connectivity index (χ2v) is 5.09. The van der Waals surface area contributed by atoms with Gasteiger partial charge in [-0.2, -0.15) is 0 Å². The van der Waals surface area contributed by atoms with Crippen molar-refractivity contribution in [3.8, 4) is 11.1 Å². The first-order valence-corrected chi connectivity index (χ1v) is 7.43. The summed E-state index contributed by atoms with van der Waals surface area (Å²) < 4.78 is 0. The summed E-state index contributed by atoms with van der Waals surface area (Å²) in [6, 6.07) is 29.5. The van der Waals surface area contributed by atoms with Crippen LogP contribution in [0.3, 0.4) is 0 Å². The number of rotatable bonds is 4. The zero-order valence-corrected chi connectivity index (χ0v) is 12.4. The van der Waals surface area contributed by atoms with Crippen molar-refractivity contribution < 1.29 is 0 Å². The van der Waals surface area contributed by atoms with Crippen molar-refractivity contribution in [1.29, 1.82) is 0 Å². The Morgan fingerprint density at radius 2 is 1.27 bits per heavy atom. The Labute approximate surface area is 132 Å². The van der Waals surface area contributed by atoms with Crippen molar-refractivity contribution >= 4 is 5.57 Å². The molecule has 3 aromatic carbocycles. The largest absolute Gasteiger partial charge is 0.0990 e. The van der Waals surface area contributed by atoms with Crippen LogP contribution in [0.4, 0.5) is 0 Å². The molecule has 0 heteroatoms. The SMILES string of the molecule is C=C/C=C(/c1ccccc1)c1ccccc1-c1ccccc1. The molecule has 0 atom stereocenters. The molecule has 0 radical (unpaired) electrons. The minimum absolute atomic E-state index is 1.19. The summed E-state index contributed by atoms with van der Waals surface area (Å²) >= 11 is 0. The van der Waals surface area contributed by atoms with Crippen molar-refractivity contribution in [3.63, 3.8) is 0 Å². The van der Waals surface area contributed by atoms with Crippen LogP contribution in [-0.2, 0) is 0 Å². The summed E-state index contributed by atoms with van der Waals surface area (Å²) in [5.74, 6) is 0. The number of hydrogen-bond acceptors (Lipinski definition) is 0. The van der Waals surface area contributed by atoms with Gasteiger partial charge in [-0.15, -0.1) is 0 Å². The Kier molecular flexibility index (Phi) is 4.31. The average Bonchev–Trinajstić information content (AvgIpc) is 2.61. The van der Waals surface area contributed by atoms with Gasteiger partial charge in [0.1, 0.15) is 0 Å². The van der Waals surface area contributed by atoms with E-state index in [-0.39, 0.29) is 0 Å². The second-order valence-electron chi connectivity index (χ2n) is 5.09. The highest BCUT2D eigenvalue weighted by Gasteiger charge is 2.10. The highest BCUT2D eigenvalue weighted by molar-refractivity contribution is 5.89. The average molecular weight is 282 g/mol. The van der Waals surface area contributed by atoms with Gasteiger partial charge >= 0.3 is 0 Å². The molecule has 0 aliphatic rings. The molecule has 0 bridgehead atoms. The minimum atomic E-state index is 1.19. The van der Waals surface area contributed by atoms with Crippen LogP contribution < -0.4 is 0 Å². The molecule has 0 amide bonds. The molecule has 0 saturated carbocycles. The van der Waals surface area contributed by atoms with Gasteiger partial charge in [-0.1, -0.05) is 104 Å². The maximum atomic E-state index is 3.88. The fourth-order valence-corrected chi connectivity index (χ4v) is 2.66. The summed E-state index contributed by atoms with van der Waals surface area (Å²) in [6.45, 7) is 3.88. The van der Waals surface area contributed by atoms with Gasteiger partial charge in [-0.25, -0.2) is 0 Å². The second kappa shape index (κ2) is 6.73. The molecular formula is C22H18. The predicted molar refractivity (Wildman–Crippen MR) is 95.6 cm³/mol.